The van der Waals surface area contributed by atoms with Crippen LogP contribution in [0.1, 0.15) is 117 Å². The molecule has 0 radical (unpaired) electrons. The molecule has 1 atom stereocenters. The van der Waals surface area contributed by atoms with Crippen molar-refractivity contribution in [2.24, 2.45) is 0 Å². The van der Waals surface area contributed by atoms with Crippen LogP contribution in [0.4, 0.5) is 0 Å². The molecule has 0 bridgehead atoms. The standard InChI is InChI=1S/C29H50O5/c1-3-5-7-9-10-11-12-13-14-15-16-17-18-20-22-24-29(32)34-27(25-30)26-33-28(31)23-21-19-8-6-4-2/h5,7,10-11,13-14,27,30H,3-4,6,8-9,12,15-26H2,1-2H3/b7-5-,11-10-,14-13-. The Morgan fingerprint density at radius 2 is 1.26 bits per heavy atom. The summed E-state index contributed by atoms with van der Waals surface area (Å²) >= 11 is 0. The molecule has 0 aromatic rings. The summed E-state index contributed by atoms with van der Waals surface area (Å²) in [6.07, 6.45) is 27.9. The van der Waals surface area contributed by atoms with Gasteiger partial charge in [-0.25, -0.2) is 0 Å². The van der Waals surface area contributed by atoms with Crippen molar-refractivity contribution in [2.75, 3.05) is 13.2 Å². The van der Waals surface area contributed by atoms with Gasteiger partial charge in [-0.1, -0.05) is 95.2 Å². The maximum Gasteiger partial charge on any atom is 0.306 e. The molecule has 0 saturated carbocycles. The molecule has 0 aliphatic carbocycles. The average molecular weight is 479 g/mol. The number of rotatable bonds is 23. The van der Waals surface area contributed by atoms with Gasteiger partial charge >= 0.3 is 11.9 Å². The SMILES string of the molecule is CC/C=C\C/C=C\C/C=C\CCCCCCCC(=O)OC(CO)COC(=O)CCCCCCC. The second-order valence-electron chi connectivity index (χ2n) is 8.74. The summed E-state index contributed by atoms with van der Waals surface area (Å²) in [5, 5.41) is 9.38. The molecule has 0 spiro atoms. The first-order chi connectivity index (χ1) is 16.6. The van der Waals surface area contributed by atoms with Crippen LogP contribution in [-0.4, -0.2) is 36.4 Å². The number of hydrogen-bond donors (Lipinski definition) is 1. The van der Waals surface area contributed by atoms with Crippen LogP contribution in [0.5, 0.6) is 0 Å². The van der Waals surface area contributed by atoms with Gasteiger partial charge in [0.25, 0.3) is 0 Å². The molecule has 0 aromatic heterocycles. The summed E-state index contributed by atoms with van der Waals surface area (Å²) in [6.45, 7) is 3.88. The van der Waals surface area contributed by atoms with E-state index in [4.69, 9.17) is 9.47 Å². The van der Waals surface area contributed by atoms with Crippen molar-refractivity contribution in [3.63, 3.8) is 0 Å². The minimum atomic E-state index is -0.772. The number of hydrogen-bond acceptors (Lipinski definition) is 5. The molecular formula is C29H50O5. The van der Waals surface area contributed by atoms with E-state index in [0.717, 1.165) is 70.6 Å². The van der Waals surface area contributed by atoms with Crippen LogP contribution in [0.2, 0.25) is 0 Å². The Kier molecular flexibility index (Phi) is 24.3. The molecule has 0 amide bonds. The number of allylic oxidation sites excluding steroid dienone is 6. The van der Waals surface area contributed by atoms with Crippen LogP contribution in [0, 0.1) is 0 Å². The third-order valence-corrected chi connectivity index (χ3v) is 5.45. The fraction of sp³-hybridized carbons (Fsp3) is 0.724. The van der Waals surface area contributed by atoms with E-state index in [1.54, 1.807) is 0 Å². The average Bonchev–Trinajstić information content (AvgIpc) is 2.84. The van der Waals surface area contributed by atoms with E-state index in [9.17, 15) is 14.7 Å². The maximum absolute atomic E-state index is 12.0. The quantitative estimate of drug-likeness (QED) is 0.0942. The second-order valence-corrected chi connectivity index (χ2v) is 8.74. The number of carbonyl (C=O) groups excluding carboxylic acids is 2. The Hall–Kier alpha value is -1.88. The number of esters is 2. The Morgan fingerprint density at radius 3 is 1.91 bits per heavy atom. The smallest absolute Gasteiger partial charge is 0.306 e. The molecule has 1 unspecified atom stereocenters. The lowest BCUT2D eigenvalue weighted by Gasteiger charge is -2.15. The lowest BCUT2D eigenvalue weighted by molar-refractivity contribution is -0.161. The number of ether oxygens (including phenoxy) is 2. The van der Waals surface area contributed by atoms with Gasteiger partial charge in [0.15, 0.2) is 6.10 Å². The summed E-state index contributed by atoms with van der Waals surface area (Å²) in [6, 6.07) is 0. The predicted molar refractivity (Wildman–Crippen MR) is 141 cm³/mol. The van der Waals surface area contributed by atoms with Gasteiger partial charge in [0.05, 0.1) is 6.61 Å². The molecule has 0 rings (SSSR count). The van der Waals surface area contributed by atoms with Crippen LogP contribution < -0.4 is 0 Å². The zero-order valence-corrected chi connectivity index (χ0v) is 21.8. The lowest BCUT2D eigenvalue weighted by Crippen LogP contribution is -2.28. The van der Waals surface area contributed by atoms with E-state index in [0.29, 0.717) is 12.8 Å². The van der Waals surface area contributed by atoms with Gasteiger partial charge in [0.1, 0.15) is 6.61 Å². The normalized spacial score (nSPS) is 12.7. The summed E-state index contributed by atoms with van der Waals surface area (Å²) in [5.41, 5.74) is 0. The molecule has 5 nitrogen and oxygen atoms in total. The highest BCUT2D eigenvalue weighted by atomic mass is 16.6. The molecule has 1 N–H and O–H groups in total. The van der Waals surface area contributed by atoms with Gasteiger partial charge in [-0.2, -0.15) is 0 Å². The Labute approximate surface area is 208 Å². The monoisotopic (exact) mass is 478 g/mol. The van der Waals surface area contributed by atoms with E-state index >= 15 is 0 Å². The van der Waals surface area contributed by atoms with Crippen molar-refractivity contribution in [3.8, 4) is 0 Å². The first-order valence-electron chi connectivity index (χ1n) is 13.5. The fourth-order valence-corrected chi connectivity index (χ4v) is 3.39. The highest BCUT2D eigenvalue weighted by Gasteiger charge is 2.16. The highest BCUT2D eigenvalue weighted by Crippen LogP contribution is 2.10. The minimum Gasteiger partial charge on any atom is -0.462 e. The van der Waals surface area contributed by atoms with Crippen molar-refractivity contribution < 1.29 is 24.2 Å². The Balaban J connectivity index is 3.65. The fourth-order valence-electron chi connectivity index (χ4n) is 3.39. The molecule has 5 heteroatoms. The molecule has 0 heterocycles. The van der Waals surface area contributed by atoms with E-state index < -0.39 is 6.10 Å². The summed E-state index contributed by atoms with van der Waals surface area (Å²) in [5.74, 6) is -0.632. The van der Waals surface area contributed by atoms with Crippen LogP contribution >= 0.6 is 0 Å². The van der Waals surface area contributed by atoms with Gasteiger partial charge in [0, 0.05) is 12.8 Å². The molecule has 0 aliphatic heterocycles. The summed E-state index contributed by atoms with van der Waals surface area (Å²) in [4.78, 5) is 23.7. The summed E-state index contributed by atoms with van der Waals surface area (Å²) < 4.78 is 10.4. The number of carbonyl (C=O) groups is 2. The molecule has 196 valence electrons. The van der Waals surface area contributed by atoms with Gasteiger partial charge < -0.3 is 14.6 Å². The maximum atomic E-state index is 12.0. The number of aliphatic hydroxyl groups excluding tert-OH is 1. The van der Waals surface area contributed by atoms with Gasteiger partial charge in [-0.15, -0.1) is 0 Å². The largest absolute Gasteiger partial charge is 0.462 e. The second kappa shape index (κ2) is 25.7. The third kappa shape index (κ3) is 23.3. The molecular weight excluding hydrogens is 428 g/mol. The third-order valence-electron chi connectivity index (χ3n) is 5.45. The topological polar surface area (TPSA) is 72.8 Å². The lowest BCUT2D eigenvalue weighted by atomic mass is 10.1. The summed E-state index contributed by atoms with van der Waals surface area (Å²) in [7, 11) is 0. The van der Waals surface area contributed by atoms with Gasteiger partial charge in [-0.3, -0.25) is 9.59 Å². The molecule has 0 saturated heterocycles. The van der Waals surface area contributed by atoms with E-state index in [2.05, 4.69) is 50.3 Å². The highest BCUT2D eigenvalue weighted by molar-refractivity contribution is 5.70. The van der Waals surface area contributed by atoms with Crippen LogP contribution in [0.15, 0.2) is 36.5 Å². The van der Waals surface area contributed by atoms with Crippen molar-refractivity contribution in [3.05, 3.63) is 36.5 Å². The van der Waals surface area contributed by atoms with Crippen LogP contribution in [0.3, 0.4) is 0 Å². The molecule has 0 fully saturated rings. The van der Waals surface area contributed by atoms with Gasteiger partial charge in [-0.05, 0) is 44.9 Å². The van der Waals surface area contributed by atoms with E-state index in [1.807, 2.05) is 0 Å². The molecule has 0 aliphatic rings. The molecule has 34 heavy (non-hydrogen) atoms. The van der Waals surface area contributed by atoms with Gasteiger partial charge in [0.2, 0.25) is 0 Å². The van der Waals surface area contributed by atoms with Crippen LogP contribution in [-0.2, 0) is 19.1 Å². The van der Waals surface area contributed by atoms with E-state index in [-0.39, 0.29) is 25.2 Å². The van der Waals surface area contributed by atoms with E-state index in [1.165, 1.54) is 19.3 Å². The van der Waals surface area contributed by atoms with Crippen molar-refractivity contribution >= 4 is 11.9 Å². The molecule has 0 aromatic carbocycles. The van der Waals surface area contributed by atoms with Crippen molar-refractivity contribution in [1.82, 2.24) is 0 Å². The Morgan fingerprint density at radius 1 is 0.706 bits per heavy atom. The zero-order chi connectivity index (χ0) is 25.1. The van der Waals surface area contributed by atoms with Crippen molar-refractivity contribution in [2.45, 2.75) is 123 Å². The number of unbranched alkanes of at least 4 members (excludes halogenated alkanes) is 9. The van der Waals surface area contributed by atoms with Crippen molar-refractivity contribution in [1.29, 1.82) is 0 Å². The number of aliphatic hydroxyl groups is 1. The minimum absolute atomic E-state index is 0.0742. The Bertz CT molecular complexity index is 565. The first-order valence-corrected chi connectivity index (χ1v) is 13.5. The predicted octanol–water partition coefficient (Wildman–Crippen LogP) is 7.38. The first kappa shape index (κ1) is 32.1. The zero-order valence-electron chi connectivity index (χ0n) is 21.8. The van der Waals surface area contributed by atoms with Crippen LogP contribution in [0.25, 0.3) is 0 Å².